The minimum atomic E-state index is 0.550. The van der Waals surface area contributed by atoms with Crippen LogP contribution >= 0.6 is 0 Å². The second kappa shape index (κ2) is 3.92. The number of hydrogen-bond donors (Lipinski definition) is 0. The maximum Gasteiger partial charge on any atom is 0.0446 e. The first-order chi connectivity index (χ1) is 8.27. The summed E-state index contributed by atoms with van der Waals surface area (Å²) in [5, 5.41) is 0. The molecule has 3 rings (SSSR count). The van der Waals surface area contributed by atoms with E-state index in [1.165, 1.54) is 22.5 Å². The van der Waals surface area contributed by atoms with Crippen molar-refractivity contribution >= 4 is 11.4 Å². The number of hydrogen-bond acceptors (Lipinski definition) is 1. The first-order valence-corrected chi connectivity index (χ1v) is 6.20. The Morgan fingerprint density at radius 3 is 2.35 bits per heavy atom. The molecule has 0 N–H and O–H groups in total. The van der Waals surface area contributed by atoms with Crippen molar-refractivity contribution in [2.24, 2.45) is 0 Å². The summed E-state index contributed by atoms with van der Waals surface area (Å²) in [5.74, 6) is 0. The lowest BCUT2D eigenvalue weighted by Crippen LogP contribution is -2.24. The zero-order valence-corrected chi connectivity index (χ0v) is 10.4. The Hall–Kier alpha value is -1.76. The molecule has 0 fully saturated rings. The number of rotatable bonds is 1. The smallest absolute Gasteiger partial charge is 0.0446 e. The zero-order valence-electron chi connectivity index (χ0n) is 10.4. The van der Waals surface area contributed by atoms with E-state index < -0.39 is 0 Å². The molecule has 0 unspecified atom stereocenters. The summed E-state index contributed by atoms with van der Waals surface area (Å²) in [5.41, 5.74) is 5.51. The molecule has 1 aliphatic heterocycles. The summed E-state index contributed by atoms with van der Waals surface area (Å²) in [6, 6.07) is 17.9. The van der Waals surface area contributed by atoms with Gasteiger partial charge in [-0.15, -0.1) is 0 Å². The molecule has 1 heterocycles. The van der Waals surface area contributed by atoms with Crippen LogP contribution in [0.5, 0.6) is 0 Å². The molecule has 86 valence electrons. The van der Waals surface area contributed by atoms with Crippen LogP contribution in [0.25, 0.3) is 0 Å². The third-order valence-corrected chi connectivity index (χ3v) is 3.58. The van der Waals surface area contributed by atoms with E-state index in [0.717, 1.165) is 6.42 Å². The van der Waals surface area contributed by atoms with Gasteiger partial charge in [-0.1, -0.05) is 36.4 Å². The summed E-state index contributed by atoms with van der Waals surface area (Å²) >= 11 is 0. The van der Waals surface area contributed by atoms with E-state index in [1.807, 2.05) is 0 Å². The molecule has 1 nitrogen and oxygen atoms in total. The third kappa shape index (κ3) is 1.62. The molecule has 0 aromatic heterocycles. The fraction of sp³-hybridized carbons (Fsp3) is 0.250. The molecule has 0 bridgehead atoms. The normalized spacial score (nSPS) is 18.2. The molecule has 0 spiro atoms. The molecule has 0 radical (unpaired) electrons. The fourth-order valence-corrected chi connectivity index (χ4v) is 2.77. The molecular weight excluding hydrogens is 206 g/mol. The fourth-order valence-electron chi connectivity index (χ4n) is 2.77. The lowest BCUT2D eigenvalue weighted by atomic mass is 10.1. The molecule has 2 aromatic carbocycles. The average Bonchev–Trinajstić information content (AvgIpc) is 2.66. The topological polar surface area (TPSA) is 3.24 Å². The van der Waals surface area contributed by atoms with Gasteiger partial charge in [0.05, 0.1) is 0 Å². The van der Waals surface area contributed by atoms with Crippen LogP contribution in [0.3, 0.4) is 0 Å². The van der Waals surface area contributed by atoms with E-state index in [0.29, 0.717) is 6.04 Å². The number of aryl methyl sites for hydroxylation is 1. The van der Waals surface area contributed by atoms with Crippen molar-refractivity contribution in [1.29, 1.82) is 0 Å². The number of nitrogens with zero attached hydrogens (tertiary/aromatic N) is 1. The van der Waals surface area contributed by atoms with Crippen molar-refractivity contribution in [2.75, 3.05) is 4.90 Å². The second-order valence-corrected chi connectivity index (χ2v) is 4.84. The minimum absolute atomic E-state index is 0.550. The van der Waals surface area contributed by atoms with E-state index in [4.69, 9.17) is 0 Å². The first-order valence-electron chi connectivity index (χ1n) is 6.20. The van der Waals surface area contributed by atoms with Gasteiger partial charge in [-0.05, 0) is 43.5 Å². The minimum Gasteiger partial charge on any atom is -0.338 e. The molecule has 1 aliphatic rings. The number of para-hydroxylation sites is 2. The summed E-state index contributed by atoms with van der Waals surface area (Å²) in [4.78, 5) is 2.46. The highest BCUT2D eigenvalue weighted by Crippen LogP contribution is 2.39. The standard InChI is InChI=1S/C16H17N/c1-12-7-3-5-9-15(12)17-13(2)11-14-8-4-6-10-16(14)17/h3-10,13H,11H2,1-2H3/t13-/m1/s1. The van der Waals surface area contributed by atoms with Gasteiger partial charge in [0, 0.05) is 17.4 Å². The number of anilines is 2. The van der Waals surface area contributed by atoms with Crippen molar-refractivity contribution in [3.05, 3.63) is 59.7 Å². The van der Waals surface area contributed by atoms with Crippen LogP contribution in [0.1, 0.15) is 18.1 Å². The molecule has 1 atom stereocenters. The molecule has 1 heteroatoms. The lowest BCUT2D eigenvalue weighted by molar-refractivity contribution is 0.757. The van der Waals surface area contributed by atoms with Gasteiger partial charge in [-0.2, -0.15) is 0 Å². The van der Waals surface area contributed by atoms with Gasteiger partial charge in [0.25, 0.3) is 0 Å². The summed E-state index contributed by atoms with van der Waals surface area (Å²) < 4.78 is 0. The van der Waals surface area contributed by atoms with Gasteiger partial charge < -0.3 is 4.90 Å². The van der Waals surface area contributed by atoms with Crippen LogP contribution in [-0.2, 0) is 6.42 Å². The SMILES string of the molecule is Cc1ccccc1N1c2ccccc2C[C@H]1C. The van der Waals surface area contributed by atoms with E-state index >= 15 is 0 Å². The molecule has 2 aromatic rings. The van der Waals surface area contributed by atoms with Crippen LogP contribution in [0.15, 0.2) is 48.5 Å². The lowest BCUT2D eigenvalue weighted by Gasteiger charge is -2.26. The monoisotopic (exact) mass is 223 g/mol. The van der Waals surface area contributed by atoms with Crippen LogP contribution in [-0.4, -0.2) is 6.04 Å². The van der Waals surface area contributed by atoms with Gasteiger partial charge in [0.2, 0.25) is 0 Å². The maximum absolute atomic E-state index is 2.46. The first kappa shape index (κ1) is 10.4. The Bertz CT molecular complexity index is 545. The molecule has 0 aliphatic carbocycles. The average molecular weight is 223 g/mol. The third-order valence-electron chi connectivity index (χ3n) is 3.58. The van der Waals surface area contributed by atoms with E-state index in [-0.39, 0.29) is 0 Å². The molecular formula is C16H17N. The predicted molar refractivity (Wildman–Crippen MR) is 72.9 cm³/mol. The molecule has 17 heavy (non-hydrogen) atoms. The quantitative estimate of drug-likeness (QED) is 0.704. The number of benzene rings is 2. The van der Waals surface area contributed by atoms with Crippen molar-refractivity contribution in [1.82, 2.24) is 0 Å². The van der Waals surface area contributed by atoms with Crippen LogP contribution < -0.4 is 4.90 Å². The Labute approximate surface area is 103 Å². The highest BCUT2D eigenvalue weighted by Gasteiger charge is 2.27. The van der Waals surface area contributed by atoms with Gasteiger partial charge in [0.1, 0.15) is 0 Å². The largest absolute Gasteiger partial charge is 0.338 e. The zero-order chi connectivity index (χ0) is 11.8. The van der Waals surface area contributed by atoms with Gasteiger partial charge in [0.15, 0.2) is 0 Å². The Kier molecular flexibility index (Phi) is 2.40. The highest BCUT2D eigenvalue weighted by atomic mass is 15.2. The van der Waals surface area contributed by atoms with E-state index in [1.54, 1.807) is 0 Å². The van der Waals surface area contributed by atoms with E-state index in [2.05, 4.69) is 67.3 Å². The Morgan fingerprint density at radius 2 is 1.59 bits per heavy atom. The predicted octanol–water partition coefficient (Wildman–Crippen LogP) is 4.08. The summed E-state index contributed by atoms with van der Waals surface area (Å²) in [7, 11) is 0. The van der Waals surface area contributed by atoms with E-state index in [9.17, 15) is 0 Å². The molecule has 0 saturated heterocycles. The Morgan fingerprint density at radius 1 is 0.941 bits per heavy atom. The summed E-state index contributed by atoms with van der Waals surface area (Å²) in [6.07, 6.45) is 1.14. The highest BCUT2D eigenvalue weighted by molar-refractivity contribution is 5.72. The van der Waals surface area contributed by atoms with Gasteiger partial charge >= 0.3 is 0 Å². The van der Waals surface area contributed by atoms with Crippen molar-refractivity contribution in [3.63, 3.8) is 0 Å². The van der Waals surface area contributed by atoms with Crippen molar-refractivity contribution in [2.45, 2.75) is 26.3 Å². The molecule has 0 amide bonds. The van der Waals surface area contributed by atoms with Crippen molar-refractivity contribution in [3.8, 4) is 0 Å². The Balaban J connectivity index is 2.13. The summed E-state index contributed by atoms with van der Waals surface area (Å²) in [6.45, 7) is 4.48. The van der Waals surface area contributed by atoms with Crippen LogP contribution in [0, 0.1) is 6.92 Å². The second-order valence-electron chi connectivity index (χ2n) is 4.84. The molecule has 0 saturated carbocycles. The van der Waals surface area contributed by atoms with Crippen LogP contribution in [0.2, 0.25) is 0 Å². The van der Waals surface area contributed by atoms with Crippen LogP contribution in [0.4, 0.5) is 11.4 Å². The number of fused-ring (bicyclic) bond motifs is 1. The van der Waals surface area contributed by atoms with Gasteiger partial charge in [-0.3, -0.25) is 0 Å². The maximum atomic E-state index is 2.46. The van der Waals surface area contributed by atoms with Gasteiger partial charge in [-0.25, -0.2) is 0 Å². The van der Waals surface area contributed by atoms with Crippen molar-refractivity contribution < 1.29 is 0 Å².